The summed E-state index contributed by atoms with van der Waals surface area (Å²) in [6.45, 7) is 5.37. The Morgan fingerprint density at radius 1 is 0.966 bits per heavy atom. The monoisotopic (exact) mass is 396 g/mol. The van der Waals surface area contributed by atoms with E-state index in [1.165, 1.54) is 0 Å². The Morgan fingerprint density at radius 2 is 1.59 bits per heavy atom. The van der Waals surface area contributed by atoms with Crippen LogP contribution in [0.3, 0.4) is 0 Å². The molecule has 0 atom stereocenters. The van der Waals surface area contributed by atoms with E-state index in [1.807, 2.05) is 30.9 Å². The Bertz CT molecular complexity index is 860. The zero-order valence-corrected chi connectivity index (χ0v) is 17.2. The van der Waals surface area contributed by atoms with Gasteiger partial charge in [-0.05, 0) is 62.6 Å². The van der Waals surface area contributed by atoms with Gasteiger partial charge in [0.1, 0.15) is 0 Å². The van der Waals surface area contributed by atoms with Crippen molar-refractivity contribution in [3.05, 3.63) is 59.2 Å². The highest BCUT2D eigenvalue weighted by atomic mass is 16.5. The fraction of sp³-hybridized carbons (Fsp3) is 0.391. The molecule has 1 saturated carbocycles. The van der Waals surface area contributed by atoms with Crippen molar-refractivity contribution < 1.29 is 19.1 Å². The van der Waals surface area contributed by atoms with E-state index in [0.29, 0.717) is 42.4 Å². The first kappa shape index (κ1) is 20.7. The minimum absolute atomic E-state index is 0.0214. The van der Waals surface area contributed by atoms with Gasteiger partial charge >= 0.3 is 0 Å². The molecule has 0 radical (unpaired) electrons. The maximum absolute atomic E-state index is 13.2. The molecule has 1 aliphatic carbocycles. The molecular weight excluding hydrogens is 368 g/mol. The number of nitrogens with zero attached hydrogens (tertiary/aromatic N) is 1. The summed E-state index contributed by atoms with van der Waals surface area (Å²) in [5, 5.41) is 2.61. The summed E-state index contributed by atoms with van der Waals surface area (Å²) in [6.07, 6.45) is 2.02. The summed E-state index contributed by atoms with van der Waals surface area (Å²) in [5.41, 5.74) is 2.19. The second-order valence-electron chi connectivity index (χ2n) is 6.97. The molecule has 1 aliphatic rings. The number of ether oxygens (including phenoxy) is 2. The van der Waals surface area contributed by atoms with Crippen molar-refractivity contribution in [1.29, 1.82) is 0 Å². The van der Waals surface area contributed by atoms with Crippen molar-refractivity contribution in [3.63, 3.8) is 0 Å². The molecule has 6 heteroatoms. The van der Waals surface area contributed by atoms with Crippen molar-refractivity contribution in [2.75, 3.05) is 20.3 Å². The van der Waals surface area contributed by atoms with Gasteiger partial charge in [-0.2, -0.15) is 0 Å². The van der Waals surface area contributed by atoms with Crippen LogP contribution in [0.5, 0.6) is 11.5 Å². The van der Waals surface area contributed by atoms with Crippen LogP contribution in [0, 0.1) is 0 Å². The topological polar surface area (TPSA) is 67.9 Å². The highest BCUT2D eigenvalue weighted by Gasteiger charge is 2.33. The molecule has 1 N–H and O–H groups in total. The molecule has 6 nitrogen and oxygen atoms in total. The average Bonchev–Trinajstić information content (AvgIpc) is 3.58. The van der Waals surface area contributed by atoms with E-state index < -0.39 is 0 Å². The fourth-order valence-corrected chi connectivity index (χ4v) is 3.21. The number of amides is 2. The molecule has 2 aromatic carbocycles. The van der Waals surface area contributed by atoms with Gasteiger partial charge in [0.05, 0.1) is 13.2 Å². The lowest BCUT2D eigenvalue weighted by molar-refractivity contribution is 0.0729. The molecule has 0 aliphatic heterocycles. The first-order valence-corrected chi connectivity index (χ1v) is 10.1. The minimum Gasteiger partial charge on any atom is -0.490 e. The third-order valence-electron chi connectivity index (χ3n) is 4.83. The van der Waals surface area contributed by atoms with E-state index in [1.54, 1.807) is 37.4 Å². The van der Waals surface area contributed by atoms with E-state index in [0.717, 1.165) is 18.4 Å². The first-order chi connectivity index (χ1) is 14.1. The quantitative estimate of drug-likeness (QED) is 0.703. The van der Waals surface area contributed by atoms with Crippen molar-refractivity contribution in [1.82, 2.24) is 10.2 Å². The molecule has 0 spiro atoms. The minimum atomic E-state index is -0.121. The number of hydrogen-bond donors (Lipinski definition) is 1. The number of carbonyl (C=O) groups excluding carboxylic acids is 2. The van der Waals surface area contributed by atoms with E-state index in [9.17, 15) is 9.59 Å². The van der Waals surface area contributed by atoms with E-state index in [2.05, 4.69) is 5.32 Å². The Labute approximate surface area is 171 Å². The first-order valence-electron chi connectivity index (χ1n) is 10.1. The Hall–Kier alpha value is -3.02. The average molecular weight is 396 g/mol. The third-order valence-corrected chi connectivity index (χ3v) is 4.83. The maximum Gasteiger partial charge on any atom is 0.254 e. The summed E-state index contributed by atoms with van der Waals surface area (Å²) < 4.78 is 11.3. The van der Waals surface area contributed by atoms with Gasteiger partial charge in [-0.25, -0.2) is 0 Å². The second-order valence-corrected chi connectivity index (χ2v) is 6.97. The lowest BCUT2D eigenvalue weighted by Gasteiger charge is -2.23. The third kappa shape index (κ3) is 5.08. The number of rotatable bonds is 9. The normalized spacial score (nSPS) is 12.9. The largest absolute Gasteiger partial charge is 0.490 e. The lowest BCUT2D eigenvalue weighted by atomic mass is 10.1. The molecule has 0 bridgehead atoms. The van der Waals surface area contributed by atoms with Gasteiger partial charge in [-0.3, -0.25) is 9.59 Å². The summed E-state index contributed by atoms with van der Waals surface area (Å²) in [4.78, 5) is 26.9. The number of nitrogens with one attached hydrogen (secondary N) is 1. The van der Waals surface area contributed by atoms with E-state index in [4.69, 9.17) is 9.47 Å². The van der Waals surface area contributed by atoms with E-state index in [-0.39, 0.29) is 17.9 Å². The molecule has 0 unspecified atom stereocenters. The van der Waals surface area contributed by atoms with Gasteiger partial charge in [-0.15, -0.1) is 0 Å². The van der Waals surface area contributed by atoms with Gasteiger partial charge < -0.3 is 19.7 Å². The van der Waals surface area contributed by atoms with Crippen molar-refractivity contribution in [2.45, 2.75) is 39.3 Å². The van der Waals surface area contributed by atoms with Crippen molar-refractivity contribution in [3.8, 4) is 11.5 Å². The smallest absolute Gasteiger partial charge is 0.254 e. The van der Waals surface area contributed by atoms with Gasteiger partial charge in [-0.1, -0.05) is 12.1 Å². The predicted molar refractivity (Wildman–Crippen MR) is 112 cm³/mol. The second kappa shape index (κ2) is 9.45. The number of carbonyl (C=O) groups is 2. The van der Waals surface area contributed by atoms with E-state index >= 15 is 0 Å². The lowest BCUT2D eigenvalue weighted by Crippen LogP contribution is -2.32. The molecule has 154 valence electrons. The molecule has 3 rings (SSSR count). The highest BCUT2D eigenvalue weighted by Crippen LogP contribution is 2.33. The van der Waals surface area contributed by atoms with Crippen LogP contribution < -0.4 is 14.8 Å². The predicted octanol–water partition coefficient (Wildman–Crippen LogP) is 3.65. The molecule has 0 aromatic heterocycles. The Morgan fingerprint density at radius 3 is 2.17 bits per heavy atom. The maximum atomic E-state index is 13.2. The van der Waals surface area contributed by atoms with Crippen molar-refractivity contribution in [2.24, 2.45) is 0 Å². The highest BCUT2D eigenvalue weighted by molar-refractivity contribution is 5.95. The molecule has 0 saturated heterocycles. The Kier molecular flexibility index (Phi) is 6.75. The van der Waals surface area contributed by atoms with Crippen LogP contribution in [0.1, 0.15) is 53.0 Å². The standard InChI is InChI=1S/C23H28N2O4/c1-4-28-20-13-10-18(14-21(20)29-5-2)23(27)25(19-11-12-19)15-16-6-8-17(9-7-16)22(26)24-3/h6-10,13-14,19H,4-5,11-12,15H2,1-3H3,(H,24,26). The number of hydrogen-bond acceptors (Lipinski definition) is 4. The molecular formula is C23H28N2O4. The molecule has 2 aromatic rings. The SMILES string of the molecule is CCOc1ccc(C(=O)N(Cc2ccc(C(=O)NC)cc2)C2CC2)cc1OCC. The van der Waals surface area contributed by atoms with Gasteiger partial charge in [0.15, 0.2) is 11.5 Å². The van der Waals surface area contributed by atoms with Gasteiger partial charge in [0.2, 0.25) is 0 Å². The Balaban J connectivity index is 1.79. The summed E-state index contributed by atoms with van der Waals surface area (Å²) in [5.74, 6) is 1.09. The van der Waals surface area contributed by atoms with Crippen LogP contribution in [0.2, 0.25) is 0 Å². The summed E-state index contributed by atoms with van der Waals surface area (Å²) >= 11 is 0. The van der Waals surface area contributed by atoms with Crippen LogP contribution >= 0.6 is 0 Å². The van der Waals surface area contributed by atoms with Crippen LogP contribution in [0.25, 0.3) is 0 Å². The van der Waals surface area contributed by atoms with Gasteiger partial charge in [0.25, 0.3) is 11.8 Å². The van der Waals surface area contributed by atoms with Crippen molar-refractivity contribution >= 4 is 11.8 Å². The molecule has 0 heterocycles. The zero-order valence-electron chi connectivity index (χ0n) is 17.2. The zero-order chi connectivity index (χ0) is 20.8. The van der Waals surface area contributed by atoms with Crippen LogP contribution in [0.15, 0.2) is 42.5 Å². The summed E-state index contributed by atoms with van der Waals surface area (Å²) in [6, 6.07) is 13.0. The number of benzene rings is 2. The fourth-order valence-electron chi connectivity index (χ4n) is 3.21. The van der Waals surface area contributed by atoms with Crippen LogP contribution in [-0.4, -0.2) is 43.0 Å². The van der Waals surface area contributed by atoms with Crippen LogP contribution in [-0.2, 0) is 6.54 Å². The molecule has 29 heavy (non-hydrogen) atoms. The summed E-state index contributed by atoms with van der Waals surface area (Å²) in [7, 11) is 1.61. The molecule has 1 fully saturated rings. The van der Waals surface area contributed by atoms with Gasteiger partial charge in [0, 0.05) is 30.8 Å². The molecule has 2 amide bonds. The van der Waals surface area contributed by atoms with Crippen LogP contribution in [0.4, 0.5) is 0 Å².